The number of benzene rings is 3. The molecule has 1 amide bonds. The number of nitriles is 1. The SMILES string of the molecule is COc1ccc(NC(=O)/C(C#N)=c2\s/c(=C/c3ccc(-c4ccc([N+](=O)[O-])cc4)o3)c(=O)n2-c2ccccc2)cc1. The van der Waals surface area contributed by atoms with Gasteiger partial charge < -0.3 is 14.5 Å². The van der Waals surface area contributed by atoms with Crippen LogP contribution in [0.1, 0.15) is 5.76 Å². The van der Waals surface area contributed by atoms with Gasteiger partial charge in [-0.3, -0.25) is 24.3 Å². The van der Waals surface area contributed by atoms with Gasteiger partial charge in [0.25, 0.3) is 17.2 Å². The summed E-state index contributed by atoms with van der Waals surface area (Å²) in [5, 5.41) is 23.6. The number of nitrogens with zero attached hydrogens (tertiary/aromatic N) is 3. The molecule has 1 N–H and O–H groups in total. The zero-order valence-corrected chi connectivity index (χ0v) is 22.3. The summed E-state index contributed by atoms with van der Waals surface area (Å²) in [5.41, 5.74) is 0.848. The van der Waals surface area contributed by atoms with E-state index in [0.717, 1.165) is 11.3 Å². The van der Waals surface area contributed by atoms with Crippen LogP contribution in [-0.2, 0) is 4.79 Å². The molecule has 5 rings (SSSR count). The van der Waals surface area contributed by atoms with Gasteiger partial charge in [0, 0.05) is 29.5 Å². The minimum atomic E-state index is -0.673. The highest BCUT2D eigenvalue weighted by Gasteiger charge is 2.18. The van der Waals surface area contributed by atoms with Gasteiger partial charge in [0.15, 0.2) is 5.57 Å². The quantitative estimate of drug-likeness (QED) is 0.231. The number of rotatable bonds is 7. The van der Waals surface area contributed by atoms with Crippen LogP contribution in [0.2, 0.25) is 0 Å². The number of non-ortho nitro benzene ring substituents is 1. The zero-order chi connectivity index (χ0) is 28.9. The Kier molecular flexibility index (Phi) is 7.58. The number of methoxy groups -OCH3 is 1. The third kappa shape index (κ3) is 5.68. The van der Waals surface area contributed by atoms with Crippen molar-refractivity contribution in [1.29, 1.82) is 5.26 Å². The second kappa shape index (κ2) is 11.6. The molecule has 0 bridgehead atoms. The van der Waals surface area contributed by atoms with Crippen molar-refractivity contribution >= 4 is 40.3 Å². The number of nitro groups is 1. The molecule has 0 unspecified atom stereocenters. The summed E-state index contributed by atoms with van der Waals surface area (Å²) >= 11 is 0.983. The van der Waals surface area contributed by atoms with Crippen molar-refractivity contribution in [3.63, 3.8) is 0 Å². The summed E-state index contributed by atoms with van der Waals surface area (Å²) in [4.78, 5) is 37.3. The lowest BCUT2D eigenvalue weighted by atomic mass is 10.1. The molecule has 41 heavy (non-hydrogen) atoms. The number of para-hydroxylation sites is 1. The number of anilines is 1. The minimum absolute atomic E-state index is 0.0414. The molecule has 0 atom stereocenters. The molecule has 202 valence electrons. The lowest BCUT2D eigenvalue weighted by Gasteiger charge is -2.06. The van der Waals surface area contributed by atoms with Crippen molar-refractivity contribution < 1.29 is 18.9 Å². The molecule has 10 nitrogen and oxygen atoms in total. The van der Waals surface area contributed by atoms with Gasteiger partial charge >= 0.3 is 0 Å². The molecule has 0 aliphatic heterocycles. The Morgan fingerprint density at radius 3 is 2.39 bits per heavy atom. The predicted molar refractivity (Wildman–Crippen MR) is 154 cm³/mol. The van der Waals surface area contributed by atoms with E-state index in [4.69, 9.17) is 9.15 Å². The number of thiazole rings is 1. The van der Waals surface area contributed by atoms with E-state index in [1.54, 1.807) is 78.9 Å². The second-order valence-electron chi connectivity index (χ2n) is 8.57. The van der Waals surface area contributed by atoms with Crippen molar-refractivity contribution in [1.82, 2.24) is 4.57 Å². The van der Waals surface area contributed by atoms with Crippen LogP contribution in [0.15, 0.2) is 100 Å². The number of nitro benzene ring substituents is 1. The molecule has 11 heteroatoms. The van der Waals surface area contributed by atoms with Crippen LogP contribution < -0.4 is 24.8 Å². The van der Waals surface area contributed by atoms with Crippen LogP contribution in [0.5, 0.6) is 5.75 Å². The van der Waals surface area contributed by atoms with Gasteiger partial charge in [-0.25, -0.2) is 0 Å². The lowest BCUT2D eigenvalue weighted by Crippen LogP contribution is -2.32. The average molecular weight is 565 g/mol. The normalized spacial score (nSPS) is 12.0. The van der Waals surface area contributed by atoms with Crippen molar-refractivity contribution in [2.75, 3.05) is 12.4 Å². The lowest BCUT2D eigenvalue weighted by molar-refractivity contribution is -0.384. The number of hydrogen-bond donors (Lipinski definition) is 1. The second-order valence-corrected chi connectivity index (χ2v) is 9.60. The van der Waals surface area contributed by atoms with E-state index in [1.807, 2.05) is 6.07 Å². The van der Waals surface area contributed by atoms with Crippen LogP contribution >= 0.6 is 11.3 Å². The number of aromatic nitrogens is 1. The van der Waals surface area contributed by atoms with E-state index >= 15 is 0 Å². The molecule has 0 aliphatic rings. The van der Waals surface area contributed by atoms with E-state index in [9.17, 15) is 25.0 Å². The molecule has 0 fully saturated rings. The first kappa shape index (κ1) is 26.9. The predicted octanol–water partition coefficient (Wildman–Crippen LogP) is 4.22. The summed E-state index contributed by atoms with van der Waals surface area (Å²) in [6.45, 7) is 0. The molecule has 3 aromatic carbocycles. The van der Waals surface area contributed by atoms with Crippen molar-refractivity contribution in [3.8, 4) is 28.8 Å². The van der Waals surface area contributed by atoms with Gasteiger partial charge in [-0.1, -0.05) is 18.2 Å². The Labute approximate surface area is 236 Å². The molecule has 0 aliphatic carbocycles. The number of carbonyl (C=O) groups is 1. The van der Waals surface area contributed by atoms with Gasteiger partial charge in [0.2, 0.25) is 0 Å². The fourth-order valence-electron chi connectivity index (χ4n) is 3.99. The molecular weight excluding hydrogens is 544 g/mol. The fraction of sp³-hybridized carbons (Fsp3) is 0.0333. The highest BCUT2D eigenvalue weighted by molar-refractivity contribution is 7.07. The number of carbonyl (C=O) groups excluding carboxylic acids is 1. The van der Waals surface area contributed by atoms with Gasteiger partial charge in [-0.15, -0.1) is 11.3 Å². The summed E-state index contributed by atoms with van der Waals surface area (Å²) in [6, 6.07) is 26.5. The van der Waals surface area contributed by atoms with Gasteiger partial charge in [-0.05, 0) is 60.7 Å². The molecule has 5 aromatic rings. The maximum absolute atomic E-state index is 13.6. The molecule has 0 spiro atoms. The Balaban J connectivity index is 1.60. The monoisotopic (exact) mass is 564 g/mol. The zero-order valence-electron chi connectivity index (χ0n) is 21.4. The first-order chi connectivity index (χ1) is 19.9. The Hall–Kier alpha value is -5.73. The third-order valence-electron chi connectivity index (χ3n) is 6.00. The standard InChI is InChI=1S/C30H20N4O6S/c1-39-23-13-9-20(10-14-23)32-28(35)25(18-31)30-33(21-5-3-2-4-6-21)29(36)27(41-30)17-24-15-16-26(40-24)19-7-11-22(12-8-19)34(37)38/h2-17H,1H3,(H,32,35)/b27-17+,30-25-. The smallest absolute Gasteiger partial charge is 0.273 e. The number of amides is 1. The van der Waals surface area contributed by atoms with E-state index in [1.165, 1.54) is 29.9 Å². The highest BCUT2D eigenvalue weighted by Crippen LogP contribution is 2.25. The van der Waals surface area contributed by atoms with Crippen LogP contribution in [0.4, 0.5) is 11.4 Å². The van der Waals surface area contributed by atoms with Crippen molar-refractivity contribution in [2.24, 2.45) is 0 Å². The molecule has 0 radical (unpaired) electrons. The summed E-state index contributed by atoms with van der Waals surface area (Å²) in [7, 11) is 1.53. The van der Waals surface area contributed by atoms with Crippen LogP contribution in [0, 0.1) is 21.4 Å². The van der Waals surface area contributed by atoms with Gasteiger partial charge in [0.1, 0.15) is 28.0 Å². The van der Waals surface area contributed by atoms with E-state index in [2.05, 4.69) is 5.32 Å². The topological polar surface area (TPSA) is 140 Å². The maximum atomic E-state index is 13.6. The molecular formula is C30H20N4O6S. The van der Waals surface area contributed by atoms with Crippen LogP contribution in [-0.4, -0.2) is 22.5 Å². The fourth-order valence-corrected chi connectivity index (χ4v) is 5.07. The van der Waals surface area contributed by atoms with E-state index < -0.39 is 16.4 Å². The number of furan rings is 1. The Morgan fingerprint density at radius 1 is 1.05 bits per heavy atom. The summed E-state index contributed by atoms with van der Waals surface area (Å²) in [6.07, 6.45) is 1.53. The van der Waals surface area contributed by atoms with Gasteiger partial charge in [0.05, 0.1) is 22.3 Å². The summed E-state index contributed by atoms with van der Waals surface area (Å²) < 4.78 is 12.7. The Morgan fingerprint density at radius 2 is 1.76 bits per heavy atom. The van der Waals surface area contributed by atoms with E-state index in [0.29, 0.717) is 34.2 Å². The van der Waals surface area contributed by atoms with Crippen LogP contribution in [0.25, 0.3) is 28.7 Å². The van der Waals surface area contributed by atoms with Crippen molar-refractivity contribution in [2.45, 2.75) is 0 Å². The molecule has 0 saturated carbocycles. The van der Waals surface area contributed by atoms with E-state index in [-0.39, 0.29) is 20.5 Å². The van der Waals surface area contributed by atoms with Crippen molar-refractivity contribution in [3.05, 3.63) is 126 Å². The first-order valence-electron chi connectivity index (χ1n) is 12.1. The maximum Gasteiger partial charge on any atom is 0.273 e. The first-order valence-corrected chi connectivity index (χ1v) is 12.9. The molecule has 0 saturated heterocycles. The average Bonchev–Trinajstić information content (AvgIpc) is 3.59. The minimum Gasteiger partial charge on any atom is -0.497 e. The number of nitrogens with one attached hydrogen (secondary N) is 1. The number of hydrogen-bond acceptors (Lipinski definition) is 8. The molecule has 2 heterocycles. The van der Waals surface area contributed by atoms with Crippen LogP contribution in [0.3, 0.4) is 0 Å². The highest BCUT2D eigenvalue weighted by atomic mass is 32.1. The van der Waals surface area contributed by atoms with Gasteiger partial charge in [-0.2, -0.15) is 5.26 Å². The Bertz CT molecular complexity index is 1970. The molecule has 2 aromatic heterocycles. The summed E-state index contributed by atoms with van der Waals surface area (Å²) in [5.74, 6) is 0.742. The largest absolute Gasteiger partial charge is 0.497 e. The number of ether oxygens (including phenoxy) is 1. The third-order valence-corrected chi connectivity index (χ3v) is 7.09.